The van der Waals surface area contributed by atoms with Crippen molar-refractivity contribution in [2.45, 2.75) is 6.92 Å². The number of benzene rings is 2. The topological polar surface area (TPSA) is 66.9 Å². The average Bonchev–Trinajstić information content (AvgIpc) is 3.15. The minimum Gasteiger partial charge on any atom is -0.465 e. The molecule has 2 heterocycles. The van der Waals surface area contributed by atoms with Crippen molar-refractivity contribution < 1.29 is 19.1 Å². The number of para-hydroxylation sites is 1. The molecule has 0 radical (unpaired) electrons. The van der Waals surface area contributed by atoms with Gasteiger partial charge in [0.05, 0.1) is 28.5 Å². The molecule has 0 aliphatic carbocycles. The van der Waals surface area contributed by atoms with Crippen LogP contribution in [-0.2, 0) is 19.1 Å². The zero-order valence-electron chi connectivity index (χ0n) is 15.8. The number of nitrogens with zero attached hydrogens (tertiary/aromatic N) is 2. The van der Waals surface area contributed by atoms with Gasteiger partial charge in [-0.2, -0.15) is 0 Å². The van der Waals surface area contributed by atoms with E-state index >= 15 is 0 Å². The van der Waals surface area contributed by atoms with Gasteiger partial charge in [-0.15, -0.1) is 0 Å². The summed E-state index contributed by atoms with van der Waals surface area (Å²) >= 11 is 12.5. The number of thioether (sulfide) groups is 1. The van der Waals surface area contributed by atoms with Gasteiger partial charge in [-0.1, -0.05) is 59.8 Å². The third-order valence-electron chi connectivity index (χ3n) is 4.58. The van der Waals surface area contributed by atoms with E-state index in [1.807, 2.05) is 0 Å². The van der Waals surface area contributed by atoms with Crippen LogP contribution in [0.4, 0.5) is 11.4 Å². The fourth-order valence-electron chi connectivity index (χ4n) is 3.35. The molecule has 0 atom stereocenters. The molecular formula is C21H15ClN2O4S2. The first-order chi connectivity index (χ1) is 14.4. The Morgan fingerprint density at radius 3 is 2.63 bits per heavy atom. The lowest BCUT2D eigenvalue weighted by Crippen LogP contribution is -2.34. The number of hydrogen-bond acceptors (Lipinski definition) is 6. The maximum atomic E-state index is 13.3. The summed E-state index contributed by atoms with van der Waals surface area (Å²) in [6.07, 6.45) is 0. The third kappa shape index (κ3) is 3.51. The number of rotatable bonds is 4. The molecule has 9 heteroatoms. The number of fused-ring (bicyclic) bond motifs is 1. The van der Waals surface area contributed by atoms with Crippen molar-refractivity contribution in [3.63, 3.8) is 0 Å². The molecule has 1 fully saturated rings. The zero-order valence-corrected chi connectivity index (χ0v) is 18.1. The van der Waals surface area contributed by atoms with E-state index in [1.54, 1.807) is 55.5 Å². The largest absolute Gasteiger partial charge is 0.465 e. The van der Waals surface area contributed by atoms with Crippen molar-refractivity contribution in [3.05, 3.63) is 64.0 Å². The van der Waals surface area contributed by atoms with E-state index in [-0.39, 0.29) is 23.6 Å². The summed E-state index contributed by atoms with van der Waals surface area (Å²) in [6.45, 7) is 1.68. The number of ether oxygens (including phenoxy) is 1. The monoisotopic (exact) mass is 458 g/mol. The molecule has 0 saturated carbocycles. The van der Waals surface area contributed by atoms with Gasteiger partial charge in [-0.25, -0.2) is 0 Å². The summed E-state index contributed by atoms with van der Waals surface area (Å²) < 4.78 is 5.29. The third-order valence-corrected chi connectivity index (χ3v) is 6.19. The molecule has 2 aliphatic heterocycles. The summed E-state index contributed by atoms with van der Waals surface area (Å²) in [6, 6.07) is 13.8. The van der Waals surface area contributed by atoms with Crippen LogP contribution in [0.2, 0.25) is 5.02 Å². The predicted octanol–water partition coefficient (Wildman–Crippen LogP) is 4.03. The molecule has 0 spiro atoms. The maximum absolute atomic E-state index is 13.3. The molecule has 1 saturated heterocycles. The normalized spacial score (nSPS) is 18.3. The van der Waals surface area contributed by atoms with E-state index in [4.69, 9.17) is 28.6 Å². The van der Waals surface area contributed by atoms with Gasteiger partial charge in [-0.3, -0.25) is 24.2 Å². The SMILES string of the molecule is CCOC(=O)CN1C(=O)/C(=C2\SC(=S)N(c3cccc(Cl)c3)C2=O)c2ccccc21. The summed E-state index contributed by atoms with van der Waals surface area (Å²) in [5.41, 5.74) is 1.90. The van der Waals surface area contributed by atoms with Gasteiger partial charge in [0.15, 0.2) is 4.32 Å². The Morgan fingerprint density at radius 1 is 1.13 bits per heavy atom. The lowest BCUT2D eigenvalue weighted by molar-refractivity contribution is -0.142. The van der Waals surface area contributed by atoms with Crippen LogP contribution in [0.1, 0.15) is 12.5 Å². The molecular weight excluding hydrogens is 444 g/mol. The molecule has 2 aliphatic rings. The van der Waals surface area contributed by atoms with Crippen molar-refractivity contribution in [1.29, 1.82) is 0 Å². The van der Waals surface area contributed by atoms with Crippen LogP contribution in [0, 0.1) is 0 Å². The Kier molecular flexibility index (Phi) is 5.64. The van der Waals surface area contributed by atoms with Crippen molar-refractivity contribution in [1.82, 2.24) is 0 Å². The quantitative estimate of drug-likeness (QED) is 0.391. The van der Waals surface area contributed by atoms with Gasteiger partial charge in [0.1, 0.15) is 6.54 Å². The van der Waals surface area contributed by atoms with Crippen LogP contribution in [-0.4, -0.2) is 35.3 Å². The highest BCUT2D eigenvalue weighted by molar-refractivity contribution is 8.27. The molecule has 2 amide bonds. The standard InChI is InChI=1S/C21H15ClN2O4S2/c1-2-28-16(25)11-23-15-9-4-3-8-14(15)17(19(23)26)18-20(27)24(21(29)30-18)13-7-5-6-12(22)10-13/h3-10H,2,11H2,1H3/b18-17-. The highest BCUT2D eigenvalue weighted by atomic mass is 35.5. The van der Waals surface area contributed by atoms with E-state index < -0.39 is 17.8 Å². The van der Waals surface area contributed by atoms with Crippen LogP contribution < -0.4 is 9.80 Å². The van der Waals surface area contributed by atoms with Crippen LogP contribution in [0.3, 0.4) is 0 Å². The lowest BCUT2D eigenvalue weighted by atomic mass is 10.1. The fourth-order valence-corrected chi connectivity index (χ4v) is 4.90. The number of thiocarbonyl (C=S) groups is 1. The summed E-state index contributed by atoms with van der Waals surface area (Å²) in [5, 5.41) is 0.470. The number of hydrogen-bond donors (Lipinski definition) is 0. The summed E-state index contributed by atoms with van der Waals surface area (Å²) in [7, 11) is 0. The van der Waals surface area contributed by atoms with E-state index in [9.17, 15) is 14.4 Å². The Morgan fingerprint density at radius 2 is 1.90 bits per heavy atom. The zero-order chi connectivity index (χ0) is 21.4. The van der Waals surface area contributed by atoms with Gasteiger partial charge in [-0.05, 0) is 31.2 Å². The number of carbonyl (C=O) groups excluding carboxylic acids is 3. The van der Waals surface area contributed by atoms with Crippen LogP contribution >= 0.6 is 35.6 Å². The number of halogens is 1. The van der Waals surface area contributed by atoms with Crippen molar-refractivity contribution >= 4 is 74.6 Å². The van der Waals surface area contributed by atoms with Crippen LogP contribution in [0.25, 0.3) is 5.57 Å². The second-order valence-electron chi connectivity index (χ2n) is 6.41. The van der Waals surface area contributed by atoms with E-state index in [2.05, 4.69) is 0 Å². The van der Waals surface area contributed by atoms with Crippen molar-refractivity contribution in [2.24, 2.45) is 0 Å². The number of carbonyl (C=O) groups is 3. The van der Waals surface area contributed by atoms with Gasteiger partial charge < -0.3 is 4.74 Å². The molecule has 0 bridgehead atoms. The Balaban J connectivity index is 1.77. The first-order valence-electron chi connectivity index (χ1n) is 9.05. The summed E-state index contributed by atoms with van der Waals surface area (Å²) in [5.74, 6) is -1.35. The van der Waals surface area contributed by atoms with Crippen molar-refractivity contribution in [3.8, 4) is 0 Å². The smallest absolute Gasteiger partial charge is 0.326 e. The Bertz CT molecular complexity index is 1130. The second-order valence-corrected chi connectivity index (χ2v) is 8.49. The maximum Gasteiger partial charge on any atom is 0.326 e. The molecule has 0 aromatic heterocycles. The lowest BCUT2D eigenvalue weighted by Gasteiger charge is -2.16. The fraction of sp³-hybridized carbons (Fsp3) is 0.143. The minimum atomic E-state index is -0.520. The first-order valence-corrected chi connectivity index (χ1v) is 10.7. The average molecular weight is 459 g/mol. The molecule has 6 nitrogen and oxygen atoms in total. The van der Waals surface area contributed by atoms with Crippen molar-refractivity contribution in [2.75, 3.05) is 23.0 Å². The molecule has 2 aromatic carbocycles. The summed E-state index contributed by atoms with van der Waals surface area (Å²) in [4.78, 5) is 41.4. The van der Waals surface area contributed by atoms with Gasteiger partial charge in [0, 0.05) is 10.6 Å². The molecule has 30 heavy (non-hydrogen) atoms. The van der Waals surface area contributed by atoms with Gasteiger partial charge in [0.25, 0.3) is 11.8 Å². The molecule has 152 valence electrons. The van der Waals surface area contributed by atoms with E-state index in [0.29, 0.717) is 26.3 Å². The highest BCUT2D eigenvalue weighted by Gasteiger charge is 2.43. The first kappa shape index (κ1) is 20.6. The van der Waals surface area contributed by atoms with Gasteiger partial charge >= 0.3 is 5.97 Å². The number of anilines is 2. The second kappa shape index (κ2) is 8.22. The molecule has 4 rings (SSSR count). The highest BCUT2D eigenvalue weighted by Crippen LogP contribution is 2.45. The number of amides is 2. The van der Waals surface area contributed by atoms with Crippen LogP contribution in [0.5, 0.6) is 0 Å². The van der Waals surface area contributed by atoms with E-state index in [0.717, 1.165) is 11.8 Å². The van der Waals surface area contributed by atoms with Gasteiger partial charge in [0.2, 0.25) is 0 Å². The van der Waals surface area contributed by atoms with Crippen LogP contribution in [0.15, 0.2) is 53.4 Å². The van der Waals surface area contributed by atoms with E-state index in [1.165, 1.54) is 9.80 Å². The number of esters is 1. The predicted molar refractivity (Wildman–Crippen MR) is 121 cm³/mol. The molecule has 0 unspecified atom stereocenters. The molecule has 0 N–H and O–H groups in total. The molecule has 2 aromatic rings. The minimum absolute atomic E-state index is 0.216. The Hall–Kier alpha value is -2.68. The Labute approximate surface area is 187 Å².